The highest BCUT2D eigenvalue weighted by Crippen LogP contribution is 2.04. The van der Waals surface area contributed by atoms with Crippen LogP contribution in [0.3, 0.4) is 0 Å². The molecule has 0 saturated heterocycles. The van der Waals surface area contributed by atoms with E-state index in [1.807, 2.05) is 36.4 Å². The van der Waals surface area contributed by atoms with Crippen LogP contribution in [0.25, 0.3) is 0 Å². The molecule has 0 spiro atoms. The zero-order valence-corrected chi connectivity index (χ0v) is 14.8. The number of hydrogen-bond donors (Lipinski definition) is 2. The Morgan fingerprint density at radius 1 is 0.913 bits per heavy atom. The predicted octanol–water partition coefficient (Wildman–Crippen LogP) is 2.63. The molecule has 0 saturated carbocycles. The maximum absolute atomic E-state index is 11.9. The van der Waals surface area contributed by atoms with Crippen molar-refractivity contribution in [3.63, 3.8) is 0 Å². The molecule has 6 heteroatoms. The minimum absolute atomic E-state index is 0. The van der Waals surface area contributed by atoms with Gasteiger partial charge >= 0.3 is 0 Å². The van der Waals surface area contributed by atoms with Crippen LogP contribution in [0.1, 0.15) is 16.7 Å². The van der Waals surface area contributed by atoms with Gasteiger partial charge in [-0.15, -0.1) is 12.4 Å². The van der Waals surface area contributed by atoms with Gasteiger partial charge < -0.3 is 5.32 Å². The highest BCUT2D eigenvalue weighted by Gasteiger charge is 2.10. The van der Waals surface area contributed by atoms with Crippen molar-refractivity contribution in [1.82, 2.24) is 10.0 Å². The van der Waals surface area contributed by atoms with E-state index in [9.17, 15) is 8.42 Å². The third-order valence-corrected chi connectivity index (χ3v) is 4.59. The zero-order chi connectivity index (χ0) is 15.8. The van der Waals surface area contributed by atoms with Gasteiger partial charge in [0.05, 0.1) is 5.75 Å². The lowest BCUT2D eigenvalue weighted by molar-refractivity contribution is 0.575. The zero-order valence-electron chi connectivity index (χ0n) is 13.2. The van der Waals surface area contributed by atoms with Crippen molar-refractivity contribution in [2.75, 3.05) is 13.1 Å². The summed E-state index contributed by atoms with van der Waals surface area (Å²) in [5.41, 5.74) is 3.22. The molecule has 126 valence electrons. The summed E-state index contributed by atoms with van der Waals surface area (Å²) in [6.07, 6.45) is 0. The van der Waals surface area contributed by atoms with Crippen LogP contribution in [0.5, 0.6) is 0 Å². The Hall–Kier alpha value is -1.40. The van der Waals surface area contributed by atoms with Gasteiger partial charge in [-0.2, -0.15) is 0 Å². The number of rotatable bonds is 8. The molecule has 0 aromatic heterocycles. The molecule has 0 bridgehead atoms. The van der Waals surface area contributed by atoms with E-state index in [0.29, 0.717) is 13.1 Å². The fourth-order valence-corrected chi connectivity index (χ4v) is 3.34. The van der Waals surface area contributed by atoms with Gasteiger partial charge in [-0.05, 0) is 18.1 Å². The van der Waals surface area contributed by atoms with Crippen molar-refractivity contribution in [2.24, 2.45) is 0 Å². The van der Waals surface area contributed by atoms with Gasteiger partial charge in [0.25, 0.3) is 0 Å². The van der Waals surface area contributed by atoms with Crippen molar-refractivity contribution >= 4 is 22.4 Å². The van der Waals surface area contributed by atoms with Crippen LogP contribution in [0.4, 0.5) is 0 Å². The highest BCUT2D eigenvalue weighted by molar-refractivity contribution is 7.88. The lowest BCUT2D eigenvalue weighted by Crippen LogP contribution is -2.32. The number of halogens is 1. The van der Waals surface area contributed by atoms with Crippen molar-refractivity contribution in [3.8, 4) is 0 Å². The van der Waals surface area contributed by atoms with Gasteiger partial charge in [-0.1, -0.05) is 60.2 Å². The summed E-state index contributed by atoms with van der Waals surface area (Å²) in [5.74, 6) is 0.0196. The summed E-state index contributed by atoms with van der Waals surface area (Å²) in [6.45, 7) is 3.78. The van der Waals surface area contributed by atoms with Crippen LogP contribution in [0.15, 0.2) is 54.6 Å². The molecule has 0 atom stereocenters. The number of aryl methyl sites for hydroxylation is 1. The van der Waals surface area contributed by atoms with Crippen LogP contribution in [0, 0.1) is 6.92 Å². The Morgan fingerprint density at radius 2 is 1.61 bits per heavy atom. The SMILES string of the molecule is Cc1cccc(CNCCNS(=O)(=O)Cc2ccccc2)c1.Cl. The maximum atomic E-state index is 11.9. The number of nitrogens with one attached hydrogen (secondary N) is 2. The molecule has 0 fully saturated rings. The van der Waals surface area contributed by atoms with E-state index in [1.165, 1.54) is 11.1 Å². The molecule has 0 heterocycles. The number of sulfonamides is 1. The summed E-state index contributed by atoms with van der Waals surface area (Å²) >= 11 is 0. The van der Waals surface area contributed by atoms with Crippen LogP contribution in [0.2, 0.25) is 0 Å². The fourth-order valence-electron chi connectivity index (χ4n) is 2.19. The monoisotopic (exact) mass is 354 g/mol. The normalized spacial score (nSPS) is 11.0. The lowest BCUT2D eigenvalue weighted by Gasteiger charge is -2.08. The maximum Gasteiger partial charge on any atom is 0.215 e. The highest BCUT2D eigenvalue weighted by atomic mass is 35.5. The summed E-state index contributed by atoms with van der Waals surface area (Å²) in [7, 11) is -3.28. The fraction of sp³-hybridized carbons (Fsp3) is 0.294. The molecule has 0 aliphatic heterocycles. The Bertz CT molecular complexity index is 691. The molecule has 2 aromatic rings. The molecule has 23 heavy (non-hydrogen) atoms. The van der Waals surface area contributed by atoms with E-state index in [4.69, 9.17) is 0 Å². The smallest absolute Gasteiger partial charge is 0.215 e. The van der Waals surface area contributed by atoms with E-state index in [0.717, 1.165) is 12.1 Å². The Morgan fingerprint density at radius 3 is 2.30 bits per heavy atom. The van der Waals surface area contributed by atoms with Gasteiger partial charge in [0.2, 0.25) is 10.0 Å². The Kier molecular flexibility index (Phi) is 8.26. The first kappa shape index (κ1) is 19.6. The lowest BCUT2D eigenvalue weighted by atomic mass is 10.1. The second kappa shape index (κ2) is 9.67. The predicted molar refractivity (Wildman–Crippen MR) is 97.2 cm³/mol. The van der Waals surface area contributed by atoms with Crippen LogP contribution >= 0.6 is 12.4 Å². The van der Waals surface area contributed by atoms with E-state index in [-0.39, 0.29) is 18.2 Å². The van der Waals surface area contributed by atoms with E-state index in [1.54, 1.807) is 0 Å². The third-order valence-electron chi connectivity index (χ3n) is 3.23. The Labute approximate surface area is 144 Å². The molecule has 0 unspecified atom stereocenters. The first-order valence-corrected chi connectivity index (χ1v) is 8.98. The second-order valence-electron chi connectivity index (χ2n) is 5.30. The van der Waals surface area contributed by atoms with Gasteiger partial charge in [0, 0.05) is 19.6 Å². The molecule has 2 aromatic carbocycles. The molecular formula is C17H23ClN2O2S. The van der Waals surface area contributed by atoms with E-state index < -0.39 is 10.0 Å². The molecule has 0 amide bonds. The van der Waals surface area contributed by atoms with E-state index in [2.05, 4.69) is 35.2 Å². The minimum atomic E-state index is -3.28. The summed E-state index contributed by atoms with van der Waals surface area (Å²) in [5, 5.41) is 3.24. The van der Waals surface area contributed by atoms with Crippen LogP contribution in [-0.4, -0.2) is 21.5 Å². The summed E-state index contributed by atoms with van der Waals surface area (Å²) in [4.78, 5) is 0. The largest absolute Gasteiger partial charge is 0.311 e. The van der Waals surface area contributed by atoms with Gasteiger partial charge in [-0.3, -0.25) is 0 Å². The second-order valence-corrected chi connectivity index (χ2v) is 7.11. The number of benzene rings is 2. The van der Waals surface area contributed by atoms with E-state index >= 15 is 0 Å². The van der Waals surface area contributed by atoms with Crippen molar-refractivity contribution in [3.05, 3.63) is 71.3 Å². The third kappa shape index (κ3) is 7.61. The first-order valence-electron chi connectivity index (χ1n) is 7.33. The molecule has 0 aliphatic rings. The van der Waals surface area contributed by atoms with Gasteiger partial charge in [-0.25, -0.2) is 13.1 Å². The van der Waals surface area contributed by atoms with Crippen molar-refractivity contribution in [2.45, 2.75) is 19.2 Å². The minimum Gasteiger partial charge on any atom is -0.311 e. The molecule has 2 rings (SSSR count). The molecule has 2 N–H and O–H groups in total. The average molecular weight is 355 g/mol. The van der Waals surface area contributed by atoms with Gasteiger partial charge in [0.15, 0.2) is 0 Å². The quantitative estimate of drug-likeness (QED) is 0.716. The van der Waals surface area contributed by atoms with Crippen LogP contribution < -0.4 is 10.0 Å². The van der Waals surface area contributed by atoms with Crippen molar-refractivity contribution < 1.29 is 8.42 Å². The summed E-state index contributed by atoms with van der Waals surface area (Å²) < 4.78 is 26.5. The van der Waals surface area contributed by atoms with Crippen molar-refractivity contribution in [1.29, 1.82) is 0 Å². The summed E-state index contributed by atoms with van der Waals surface area (Å²) in [6, 6.07) is 17.4. The molecule has 0 radical (unpaired) electrons. The molecule has 0 aliphatic carbocycles. The average Bonchev–Trinajstić information content (AvgIpc) is 2.47. The first-order chi connectivity index (χ1) is 10.6. The number of hydrogen-bond acceptors (Lipinski definition) is 3. The topological polar surface area (TPSA) is 58.2 Å². The molecule has 4 nitrogen and oxygen atoms in total. The molecular weight excluding hydrogens is 332 g/mol. The standard InChI is InChI=1S/C17H22N2O2S.ClH/c1-15-6-5-9-17(12-15)13-18-10-11-19-22(20,21)14-16-7-3-2-4-8-16;/h2-9,12,18-19H,10-11,13-14H2,1H3;1H. The van der Waals surface area contributed by atoms with Gasteiger partial charge in [0.1, 0.15) is 0 Å². The Balaban J connectivity index is 0.00000264. The van der Waals surface area contributed by atoms with Crippen LogP contribution in [-0.2, 0) is 22.3 Å².